The molecule has 0 unspecified atom stereocenters. The monoisotopic (exact) mass is 204 g/mol. The lowest BCUT2D eigenvalue weighted by Gasteiger charge is -2.23. The number of nitrogens with zero attached hydrogens (tertiary/aromatic N) is 3. The molecule has 1 aromatic rings. The molecule has 5 heteroatoms. The van der Waals surface area contributed by atoms with Gasteiger partial charge in [-0.25, -0.2) is 0 Å². The third-order valence-electron chi connectivity index (χ3n) is 2.40. The summed E-state index contributed by atoms with van der Waals surface area (Å²) in [5.74, 6) is 0.576. The number of anilines is 1. The van der Waals surface area contributed by atoms with Crippen molar-refractivity contribution in [3.63, 3.8) is 0 Å². The molecular weight excluding hydrogens is 192 g/mol. The Morgan fingerprint density at radius 2 is 2.27 bits per heavy atom. The molecule has 1 aliphatic rings. The third-order valence-corrected chi connectivity index (χ3v) is 2.40. The van der Waals surface area contributed by atoms with Crippen LogP contribution in [0.4, 0.5) is 5.82 Å². The average Bonchev–Trinajstić information content (AvgIpc) is 2.31. The van der Waals surface area contributed by atoms with Crippen LogP contribution in [0, 0.1) is 11.3 Å². The summed E-state index contributed by atoms with van der Waals surface area (Å²) in [6.45, 7) is 1.53. The molecule has 1 fully saturated rings. The molecule has 0 atom stereocenters. The Balaban J connectivity index is 2.06. The molecule has 2 heterocycles. The van der Waals surface area contributed by atoms with Gasteiger partial charge in [-0.3, -0.25) is 0 Å². The molecule has 1 saturated heterocycles. The Kier molecular flexibility index (Phi) is 3.10. The van der Waals surface area contributed by atoms with Gasteiger partial charge in [-0.1, -0.05) is 0 Å². The Morgan fingerprint density at radius 3 is 3.00 bits per heavy atom. The molecular formula is C10H12N4O. The fourth-order valence-electron chi connectivity index (χ4n) is 1.56. The molecule has 15 heavy (non-hydrogen) atoms. The minimum absolute atomic E-state index is 0.336. The molecule has 78 valence electrons. The van der Waals surface area contributed by atoms with Gasteiger partial charge in [0.25, 0.3) is 0 Å². The fourth-order valence-corrected chi connectivity index (χ4v) is 1.56. The van der Waals surface area contributed by atoms with Crippen LogP contribution in [0.25, 0.3) is 0 Å². The minimum atomic E-state index is 0.336. The molecule has 0 aromatic carbocycles. The molecule has 0 amide bonds. The maximum Gasteiger partial charge on any atom is 0.166 e. The first-order chi connectivity index (χ1) is 7.40. The summed E-state index contributed by atoms with van der Waals surface area (Å²) >= 11 is 0. The molecule has 0 saturated carbocycles. The van der Waals surface area contributed by atoms with Crippen LogP contribution in [0.5, 0.6) is 0 Å². The van der Waals surface area contributed by atoms with E-state index in [-0.39, 0.29) is 0 Å². The van der Waals surface area contributed by atoms with Crippen molar-refractivity contribution in [2.45, 2.75) is 18.9 Å². The highest BCUT2D eigenvalue weighted by atomic mass is 16.5. The molecule has 1 aliphatic heterocycles. The van der Waals surface area contributed by atoms with Crippen LogP contribution in [0.3, 0.4) is 0 Å². The lowest BCUT2D eigenvalue weighted by molar-refractivity contribution is 0.0903. The van der Waals surface area contributed by atoms with Crippen molar-refractivity contribution in [2.24, 2.45) is 0 Å². The average molecular weight is 204 g/mol. The van der Waals surface area contributed by atoms with E-state index < -0.39 is 0 Å². The van der Waals surface area contributed by atoms with Crippen LogP contribution >= 0.6 is 0 Å². The molecule has 5 nitrogen and oxygen atoms in total. The largest absolute Gasteiger partial charge is 0.381 e. The van der Waals surface area contributed by atoms with E-state index in [0.717, 1.165) is 26.1 Å². The highest BCUT2D eigenvalue weighted by molar-refractivity contribution is 5.50. The SMILES string of the molecule is N#Cc1ccnnc1NC1CCOCC1. The van der Waals surface area contributed by atoms with Crippen LogP contribution in [0.1, 0.15) is 18.4 Å². The van der Waals surface area contributed by atoms with Crippen molar-refractivity contribution in [3.8, 4) is 6.07 Å². The summed E-state index contributed by atoms with van der Waals surface area (Å²) in [5.41, 5.74) is 0.538. The fraction of sp³-hybridized carbons (Fsp3) is 0.500. The van der Waals surface area contributed by atoms with Crippen molar-refractivity contribution in [1.82, 2.24) is 10.2 Å². The molecule has 1 aromatic heterocycles. The van der Waals surface area contributed by atoms with E-state index in [0.29, 0.717) is 17.4 Å². The molecule has 0 radical (unpaired) electrons. The predicted octanol–water partition coefficient (Wildman–Crippen LogP) is 0.939. The first-order valence-electron chi connectivity index (χ1n) is 4.96. The first-order valence-corrected chi connectivity index (χ1v) is 4.96. The Hall–Kier alpha value is -1.67. The zero-order chi connectivity index (χ0) is 10.5. The second-order valence-corrected chi connectivity index (χ2v) is 3.44. The van der Waals surface area contributed by atoms with Crippen LogP contribution in [0.2, 0.25) is 0 Å². The summed E-state index contributed by atoms with van der Waals surface area (Å²) < 4.78 is 5.25. The third kappa shape index (κ3) is 2.42. The van der Waals surface area contributed by atoms with E-state index in [1.165, 1.54) is 6.20 Å². The van der Waals surface area contributed by atoms with Gasteiger partial charge in [0, 0.05) is 19.3 Å². The number of hydrogen-bond acceptors (Lipinski definition) is 5. The van der Waals surface area contributed by atoms with E-state index >= 15 is 0 Å². The van der Waals surface area contributed by atoms with E-state index in [1.54, 1.807) is 6.07 Å². The van der Waals surface area contributed by atoms with Crippen molar-refractivity contribution in [1.29, 1.82) is 5.26 Å². The van der Waals surface area contributed by atoms with Crippen LogP contribution < -0.4 is 5.32 Å². The van der Waals surface area contributed by atoms with E-state index in [1.807, 2.05) is 0 Å². The van der Waals surface area contributed by atoms with Crippen molar-refractivity contribution in [2.75, 3.05) is 18.5 Å². The molecule has 0 aliphatic carbocycles. The number of nitrogens with one attached hydrogen (secondary N) is 1. The Morgan fingerprint density at radius 1 is 1.47 bits per heavy atom. The van der Waals surface area contributed by atoms with Crippen LogP contribution in [-0.2, 0) is 4.74 Å². The summed E-state index contributed by atoms with van der Waals surface area (Å²) in [7, 11) is 0. The Labute approximate surface area is 88.1 Å². The summed E-state index contributed by atoms with van der Waals surface area (Å²) in [6.07, 6.45) is 3.41. The van der Waals surface area contributed by atoms with Gasteiger partial charge in [0.2, 0.25) is 0 Å². The lowest BCUT2D eigenvalue weighted by Crippen LogP contribution is -2.28. The summed E-state index contributed by atoms with van der Waals surface area (Å²) in [5, 5.41) is 19.8. The van der Waals surface area contributed by atoms with Crippen molar-refractivity contribution >= 4 is 5.82 Å². The van der Waals surface area contributed by atoms with E-state index in [4.69, 9.17) is 10.00 Å². The normalized spacial score (nSPS) is 17.0. The molecule has 1 N–H and O–H groups in total. The minimum Gasteiger partial charge on any atom is -0.381 e. The standard InChI is InChI=1S/C10H12N4O/c11-7-8-1-4-12-14-10(8)13-9-2-5-15-6-3-9/h1,4,9H,2-3,5-6H2,(H,13,14). The molecule has 0 spiro atoms. The van der Waals surface area contributed by atoms with Gasteiger partial charge >= 0.3 is 0 Å². The maximum atomic E-state index is 8.87. The van der Waals surface area contributed by atoms with Crippen molar-refractivity contribution < 1.29 is 4.74 Å². The Bertz CT molecular complexity index is 368. The van der Waals surface area contributed by atoms with Gasteiger partial charge in [-0.2, -0.15) is 10.4 Å². The van der Waals surface area contributed by atoms with Crippen LogP contribution in [0.15, 0.2) is 12.3 Å². The highest BCUT2D eigenvalue weighted by Crippen LogP contribution is 2.15. The summed E-state index contributed by atoms with van der Waals surface area (Å²) in [6, 6.07) is 4.09. The molecule has 0 bridgehead atoms. The zero-order valence-corrected chi connectivity index (χ0v) is 8.31. The van der Waals surface area contributed by atoms with Gasteiger partial charge in [-0.15, -0.1) is 5.10 Å². The van der Waals surface area contributed by atoms with Gasteiger partial charge in [-0.05, 0) is 18.9 Å². The van der Waals surface area contributed by atoms with Gasteiger partial charge < -0.3 is 10.1 Å². The second-order valence-electron chi connectivity index (χ2n) is 3.44. The number of aromatic nitrogens is 2. The van der Waals surface area contributed by atoms with Crippen LogP contribution in [-0.4, -0.2) is 29.5 Å². The first kappa shape index (κ1) is 9.87. The summed E-state index contributed by atoms with van der Waals surface area (Å²) in [4.78, 5) is 0. The predicted molar refractivity (Wildman–Crippen MR) is 54.2 cm³/mol. The van der Waals surface area contributed by atoms with Gasteiger partial charge in [0.1, 0.15) is 6.07 Å². The quantitative estimate of drug-likeness (QED) is 0.776. The lowest BCUT2D eigenvalue weighted by atomic mass is 10.1. The number of nitriles is 1. The van der Waals surface area contributed by atoms with E-state index in [9.17, 15) is 0 Å². The topological polar surface area (TPSA) is 70.8 Å². The van der Waals surface area contributed by atoms with Gasteiger partial charge in [0.15, 0.2) is 5.82 Å². The zero-order valence-electron chi connectivity index (χ0n) is 8.31. The highest BCUT2D eigenvalue weighted by Gasteiger charge is 2.15. The number of ether oxygens (including phenoxy) is 1. The van der Waals surface area contributed by atoms with E-state index in [2.05, 4.69) is 21.6 Å². The number of rotatable bonds is 2. The van der Waals surface area contributed by atoms with Gasteiger partial charge in [0.05, 0.1) is 11.8 Å². The number of hydrogen-bond donors (Lipinski definition) is 1. The van der Waals surface area contributed by atoms with Crippen molar-refractivity contribution in [3.05, 3.63) is 17.8 Å². The second kappa shape index (κ2) is 4.71. The smallest absolute Gasteiger partial charge is 0.166 e. The molecule has 2 rings (SSSR count). The maximum absolute atomic E-state index is 8.87.